The van der Waals surface area contributed by atoms with E-state index >= 15 is 0 Å². The number of benzene rings is 8. The number of hydrogen-bond acceptors (Lipinski definition) is 0. The van der Waals surface area contributed by atoms with Crippen molar-refractivity contribution in [3.63, 3.8) is 0 Å². The Labute approximate surface area is 294 Å². The van der Waals surface area contributed by atoms with Gasteiger partial charge >= 0.3 is 0 Å². The van der Waals surface area contributed by atoms with Crippen molar-refractivity contribution in [1.29, 1.82) is 0 Å². The van der Waals surface area contributed by atoms with Crippen LogP contribution < -0.4 is 0 Å². The molecule has 0 aliphatic heterocycles. The Balaban J connectivity index is 1.26. The zero-order valence-electron chi connectivity index (χ0n) is 30.1. The van der Waals surface area contributed by atoms with Crippen molar-refractivity contribution in [3.8, 4) is 44.8 Å². The van der Waals surface area contributed by atoms with Crippen LogP contribution in [0.1, 0.15) is 4.11 Å². The van der Waals surface area contributed by atoms with Crippen LogP contribution >= 0.6 is 0 Å². The van der Waals surface area contributed by atoms with Crippen molar-refractivity contribution in [2.24, 2.45) is 0 Å². The maximum atomic E-state index is 9.88. The second-order valence-electron chi connectivity index (χ2n) is 12.7. The van der Waals surface area contributed by atoms with Gasteiger partial charge in [0.25, 0.3) is 0 Å². The molecule has 0 amide bonds. The molecule has 8 aromatic carbocycles. The molecule has 0 N–H and O–H groups in total. The maximum Gasteiger partial charge on any atom is 0.0645 e. The van der Waals surface area contributed by atoms with E-state index in [-0.39, 0.29) is 18.1 Å². The Morgan fingerprint density at radius 2 is 0.940 bits per heavy atom. The summed E-state index contributed by atoms with van der Waals surface area (Å²) in [5.41, 5.74) is 11.1. The molecule has 10 rings (SSSR count). The Bertz CT molecular complexity index is 3000. The van der Waals surface area contributed by atoms with Crippen LogP contribution in [0.3, 0.4) is 0 Å². The van der Waals surface area contributed by atoms with Gasteiger partial charge in [0, 0.05) is 38.5 Å². The van der Waals surface area contributed by atoms with Crippen molar-refractivity contribution in [2.45, 2.75) is 0 Å². The minimum Gasteiger partial charge on any atom is -0.309 e. The van der Waals surface area contributed by atoms with Gasteiger partial charge in [-0.25, -0.2) is 0 Å². The van der Waals surface area contributed by atoms with Crippen LogP contribution in [0.2, 0.25) is 0 Å². The molecule has 0 radical (unpaired) electrons. The van der Waals surface area contributed by atoms with Gasteiger partial charge in [0.1, 0.15) is 0 Å². The lowest BCUT2D eigenvalue weighted by Gasteiger charge is -2.13. The number of hydrogen-bond donors (Lipinski definition) is 0. The fourth-order valence-corrected chi connectivity index (χ4v) is 7.53. The molecule has 0 fully saturated rings. The highest BCUT2D eigenvalue weighted by Gasteiger charge is 2.18. The molecule has 0 saturated heterocycles. The summed E-state index contributed by atoms with van der Waals surface area (Å²) in [6, 6.07) is 60.4. The summed E-state index contributed by atoms with van der Waals surface area (Å²) >= 11 is 0. The molecule has 0 atom stereocenters. The zero-order valence-corrected chi connectivity index (χ0v) is 27.1. The first kappa shape index (κ1) is 25.4. The second kappa shape index (κ2) is 11.5. The fraction of sp³-hybridized carbons (Fsp3) is 0. The Kier molecular flexibility index (Phi) is 5.84. The van der Waals surface area contributed by atoms with E-state index in [0.29, 0.717) is 16.5 Å². The molecule has 2 aromatic heterocycles. The largest absolute Gasteiger partial charge is 0.309 e. The molecule has 2 heterocycles. The van der Waals surface area contributed by atoms with Crippen molar-refractivity contribution in [2.75, 3.05) is 0 Å². The third-order valence-corrected chi connectivity index (χ3v) is 9.84. The van der Waals surface area contributed by atoms with Gasteiger partial charge in [-0.1, -0.05) is 140 Å². The van der Waals surface area contributed by atoms with Gasteiger partial charge < -0.3 is 9.13 Å². The third kappa shape index (κ3) is 4.50. The summed E-state index contributed by atoms with van der Waals surface area (Å²) in [6.07, 6.45) is 0. The first-order valence-corrected chi connectivity index (χ1v) is 17.0. The normalized spacial score (nSPS) is 12.4. The van der Waals surface area contributed by atoms with Crippen LogP contribution in [0.15, 0.2) is 194 Å². The third-order valence-electron chi connectivity index (χ3n) is 9.84. The van der Waals surface area contributed by atoms with Gasteiger partial charge in [0.15, 0.2) is 0 Å². The average Bonchev–Trinajstić information content (AvgIpc) is 3.75. The van der Waals surface area contributed by atoms with Gasteiger partial charge in [-0.15, -0.1) is 0 Å². The predicted octanol–water partition coefficient (Wildman–Crippen LogP) is 12.9. The Hall–Kier alpha value is -6.64. The fourth-order valence-electron chi connectivity index (χ4n) is 7.53. The number of fused-ring (bicyclic) bond motifs is 6. The minimum absolute atomic E-state index is 0.0415. The van der Waals surface area contributed by atoms with Crippen LogP contribution in [-0.4, -0.2) is 9.13 Å². The van der Waals surface area contributed by atoms with Crippen LogP contribution in [-0.2, 0) is 0 Å². The minimum atomic E-state index is 0.0415. The Morgan fingerprint density at radius 1 is 0.340 bits per heavy atom. The molecule has 0 spiro atoms. The van der Waals surface area contributed by atoms with E-state index < -0.39 is 0 Å². The molecule has 10 aromatic rings. The summed E-state index contributed by atoms with van der Waals surface area (Å²) in [4.78, 5) is 0. The van der Waals surface area contributed by atoms with Crippen LogP contribution in [0, 0.1) is 0 Å². The highest BCUT2D eigenvalue weighted by Crippen LogP contribution is 2.41. The van der Waals surface area contributed by atoms with Gasteiger partial charge in [-0.2, -0.15) is 0 Å². The maximum absolute atomic E-state index is 9.88. The Morgan fingerprint density at radius 3 is 1.72 bits per heavy atom. The number of nitrogens with zero attached hydrogens (tertiary/aromatic N) is 2. The zero-order chi connectivity index (χ0) is 35.6. The van der Waals surface area contributed by atoms with E-state index in [1.54, 1.807) is 0 Å². The van der Waals surface area contributed by atoms with E-state index in [4.69, 9.17) is 0 Å². The second-order valence-corrected chi connectivity index (χ2v) is 12.7. The molecule has 0 saturated carbocycles. The number of para-hydroxylation sites is 3. The van der Waals surface area contributed by atoms with Crippen LogP contribution in [0.25, 0.3) is 88.4 Å². The van der Waals surface area contributed by atoms with Crippen molar-refractivity contribution in [1.82, 2.24) is 9.13 Å². The average molecular weight is 640 g/mol. The summed E-state index contributed by atoms with van der Waals surface area (Å²) in [7, 11) is 0. The van der Waals surface area contributed by atoms with E-state index in [1.807, 2.05) is 66.7 Å². The van der Waals surface area contributed by atoms with Crippen molar-refractivity contribution >= 4 is 43.6 Å². The highest BCUT2D eigenvalue weighted by atomic mass is 15.0. The SMILES string of the molecule is [2H]c1c(-c2ccc3c(c2)c2ccccc2n3-c2ccccc2)c([2H])c2c3cccc(-c4ccccc4)c3n(-c3ccc(-c4ccccc4)cc3)c2c1[2H]. The lowest BCUT2D eigenvalue weighted by atomic mass is 9.99. The van der Waals surface area contributed by atoms with E-state index in [0.717, 1.165) is 71.9 Å². The first-order valence-electron chi connectivity index (χ1n) is 18.5. The molecule has 50 heavy (non-hydrogen) atoms. The monoisotopic (exact) mass is 639 g/mol. The molecule has 0 aliphatic rings. The van der Waals surface area contributed by atoms with E-state index in [2.05, 4.69) is 118 Å². The number of aromatic nitrogens is 2. The summed E-state index contributed by atoms with van der Waals surface area (Å²) < 4.78 is 33.4. The first-order chi connectivity index (χ1) is 26.1. The molecular formula is C48H32N2. The van der Waals surface area contributed by atoms with E-state index in [1.165, 1.54) is 0 Å². The standard InChI is InChI=1S/C48H32N2/c1-4-13-33(14-5-1)34-23-27-39(28-24-34)50-47-30-26-37(32-44(47)42-21-12-20-40(48(42)50)35-15-6-2-7-16-35)36-25-29-46-43(31-36)41-19-10-11-22-45(41)49(46)38-17-8-3-9-18-38/h1-32H/i26D,30D,32D. The van der Waals surface area contributed by atoms with Gasteiger partial charge in [-0.05, 0) is 82.4 Å². The van der Waals surface area contributed by atoms with Crippen LogP contribution in [0.5, 0.6) is 0 Å². The quantitative estimate of drug-likeness (QED) is 0.177. The topological polar surface area (TPSA) is 9.86 Å². The molecule has 2 heteroatoms. The van der Waals surface area contributed by atoms with Gasteiger partial charge in [0.05, 0.1) is 26.2 Å². The summed E-state index contributed by atoms with van der Waals surface area (Å²) in [6.45, 7) is 0. The number of rotatable bonds is 5. The molecule has 0 bridgehead atoms. The van der Waals surface area contributed by atoms with Crippen LogP contribution in [0.4, 0.5) is 0 Å². The molecular weight excluding hydrogens is 605 g/mol. The molecule has 2 nitrogen and oxygen atoms in total. The van der Waals surface area contributed by atoms with Crippen molar-refractivity contribution in [3.05, 3.63) is 194 Å². The summed E-state index contributed by atoms with van der Waals surface area (Å²) in [5.74, 6) is 0. The predicted molar refractivity (Wildman–Crippen MR) is 211 cm³/mol. The van der Waals surface area contributed by atoms with Gasteiger partial charge in [-0.3, -0.25) is 0 Å². The highest BCUT2D eigenvalue weighted by molar-refractivity contribution is 6.15. The summed E-state index contributed by atoms with van der Waals surface area (Å²) in [5, 5.41) is 3.70. The van der Waals surface area contributed by atoms with Crippen molar-refractivity contribution < 1.29 is 4.11 Å². The smallest absolute Gasteiger partial charge is 0.0645 e. The molecule has 0 unspecified atom stereocenters. The lowest BCUT2D eigenvalue weighted by Crippen LogP contribution is -1.95. The van der Waals surface area contributed by atoms with Gasteiger partial charge in [0.2, 0.25) is 0 Å². The molecule has 234 valence electrons. The molecule has 0 aliphatic carbocycles. The van der Waals surface area contributed by atoms with E-state index in [9.17, 15) is 4.11 Å². The lowest BCUT2D eigenvalue weighted by molar-refractivity contribution is 1.18.